The lowest BCUT2D eigenvalue weighted by molar-refractivity contribution is -0.130. The molecule has 2 aliphatic rings. The third kappa shape index (κ3) is 4.30. The van der Waals surface area contributed by atoms with Crippen LogP contribution >= 0.6 is 11.6 Å². The Balaban J connectivity index is 1.32. The summed E-state index contributed by atoms with van der Waals surface area (Å²) in [4.78, 5) is 35.1. The van der Waals surface area contributed by atoms with E-state index in [1.165, 1.54) is 53.4 Å². The number of fused-ring (bicyclic) bond motifs is 1. The molecular weight excluding hydrogens is 534 g/mol. The maximum Gasteiger partial charge on any atom is 0.266 e. The number of nitrogens with zero attached hydrogens (tertiary/aromatic N) is 3. The Morgan fingerprint density at radius 1 is 0.875 bits per heavy atom. The fourth-order valence-electron chi connectivity index (χ4n) is 5.32. The molecule has 2 N–H and O–H groups in total. The highest BCUT2D eigenvalue weighted by Gasteiger charge is 2.50. The largest absolute Gasteiger partial charge is 0.369 e. The second-order valence-corrected chi connectivity index (χ2v) is 10.2. The number of carbonyl (C=O) groups is 2. The van der Waals surface area contributed by atoms with E-state index in [2.05, 4.69) is 4.99 Å². The zero-order valence-corrected chi connectivity index (χ0v) is 21.9. The molecule has 0 saturated heterocycles. The number of aliphatic imine (C=N–C) groups is 1. The van der Waals surface area contributed by atoms with Gasteiger partial charge in [-0.3, -0.25) is 14.5 Å². The fraction of sp³-hybridized carbons (Fsp3) is 0.129. The molecule has 0 aromatic heterocycles. The Morgan fingerprint density at radius 3 is 1.98 bits per heavy atom. The maximum atomic E-state index is 14.1. The molecule has 2 aliphatic heterocycles. The zero-order valence-electron chi connectivity index (χ0n) is 21.2. The number of rotatable bonds is 5. The molecular formula is C31H23ClF2N4O2. The molecule has 4 aromatic carbocycles. The van der Waals surface area contributed by atoms with Crippen molar-refractivity contribution < 1.29 is 18.4 Å². The molecule has 2 amide bonds. The summed E-state index contributed by atoms with van der Waals surface area (Å²) >= 11 is 6.45. The van der Waals surface area contributed by atoms with Gasteiger partial charge >= 0.3 is 0 Å². The molecule has 6 rings (SSSR count). The molecule has 0 unspecified atom stereocenters. The number of amides is 2. The Kier molecular flexibility index (Phi) is 6.35. The zero-order chi connectivity index (χ0) is 28.0. The van der Waals surface area contributed by atoms with Crippen molar-refractivity contribution in [3.8, 4) is 0 Å². The van der Waals surface area contributed by atoms with Gasteiger partial charge in [-0.05, 0) is 64.2 Å². The molecule has 40 heavy (non-hydrogen) atoms. The third-order valence-corrected chi connectivity index (χ3v) is 7.70. The SMILES string of the molecule is NC1=NC(c2ccc(F)cc2)(c2ccc(F)cc2)C(=O)N1Cc1ccc(Cl)c(C(=O)N2Cc3ccccc3C2)c1. The standard InChI is InChI=1S/C31H23ClF2N4O2/c32-27-14-5-19(15-26(27)28(39)37-17-20-3-1-2-4-21(20)18-37)16-38-29(40)31(36-30(38)35,22-6-10-24(33)11-7-22)23-8-12-25(34)13-9-23/h1-15H,16-18H2,(H2,35,36). The van der Waals surface area contributed by atoms with Crippen LogP contribution in [0.2, 0.25) is 5.02 Å². The quantitative estimate of drug-likeness (QED) is 0.359. The average molecular weight is 557 g/mol. The molecule has 0 radical (unpaired) electrons. The van der Waals surface area contributed by atoms with Gasteiger partial charge in [0.05, 0.1) is 17.1 Å². The Hall–Kier alpha value is -4.56. The number of hydrogen-bond donors (Lipinski definition) is 1. The summed E-state index contributed by atoms with van der Waals surface area (Å²) in [7, 11) is 0. The van der Waals surface area contributed by atoms with Crippen molar-refractivity contribution in [3.05, 3.63) is 141 Å². The van der Waals surface area contributed by atoms with Gasteiger partial charge in [-0.15, -0.1) is 0 Å². The number of nitrogens with two attached hydrogens (primary N) is 1. The molecule has 0 aliphatic carbocycles. The van der Waals surface area contributed by atoms with Gasteiger partial charge in [0.25, 0.3) is 11.8 Å². The minimum Gasteiger partial charge on any atom is -0.369 e. The predicted octanol–water partition coefficient (Wildman–Crippen LogP) is 5.37. The van der Waals surface area contributed by atoms with Crippen LogP contribution in [0, 0.1) is 11.6 Å². The van der Waals surface area contributed by atoms with Gasteiger partial charge < -0.3 is 10.6 Å². The van der Waals surface area contributed by atoms with Crippen LogP contribution in [0.15, 0.2) is 96.0 Å². The Morgan fingerprint density at radius 2 is 1.43 bits per heavy atom. The van der Waals surface area contributed by atoms with E-state index in [9.17, 15) is 18.4 Å². The lowest BCUT2D eigenvalue weighted by Gasteiger charge is -2.27. The van der Waals surface area contributed by atoms with E-state index in [4.69, 9.17) is 17.3 Å². The fourth-order valence-corrected chi connectivity index (χ4v) is 5.52. The van der Waals surface area contributed by atoms with Crippen molar-refractivity contribution in [1.29, 1.82) is 0 Å². The smallest absolute Gasteiger partial charge is 0.266 e. The summed E-state index contributed by atoms with van der Waals surface area (Å²) in [5.41, 5.74) is 8.57. The number of halogens is 3. The van der Waals surface area contributed by atoms with Crippen LogP contribution < -0.4 is 5.73 Å². The van der Waals surface area contributed by atoms with Gasteiger partial charge in [0.15, 0.2) is 11.5 Å². The molecule has 0 atom stereocenters. The molecule has 9 heteroatoms. The van der Waals surface area contributed by atoms with Crippen LogP contribution in [-0.4, -0.2) is 27.6 Å². The van der Waals surface area contributed by atoms with E-state index in [0.717, 1.165) is 11.1 Å². The van der Waals surface area contributed by atoms with Crippen molar-refractivity contribution in [3.63, 3.8) is 0 Å². The molecule has 2 heterocycles. The monoisotopic (exact) mass is 556 g/mol. The van der Waals surface area contributed by atoms with Gasteiger partial charge in [-0.25, -0.2) is 13.8 Å². The summed E-state index contributed by atoms with van der Waals surface area (Å²) in [6.07, 6.45) is 0. The summed E-state index contributed by atoms with van der Waals surface area (Å²) in [6.45, 7) is 0.977. The second kappa shape index (κ2) is 9.88. The highest BCUT2D eigenvalue weighted by Crippen LogP contribution is 2.40. The van der Waals surface area contributed by atoms with Gasteiger partial charge in [0.1, 0.15) is 11.6 Å². The normalized spacial score (nSPS) is 15.8. The molecule has 0 saturated carbocycles. The molecule has 200 valence electrons. The van der Waals surface area contributed by atoms with Crippen LogP contribution in [0.3, 0.4) is 0 Å². The highest BCUT2D eigenvalue weighted by atomic mass is 35.5. The Bertz CT molecular complexity index is 1600. The molecule has 0 spiro atoms. The topological polar surface area (TPSA) is 79.0 Å². The van der Waals surface area contributed by atoms with E-state index in [-0.39, 0.29) is 18.4 Å². The van der Waals surface area contributed by atoms with Crippen LogP contribution in [-0.2, 0) is 30.0 Å². The van der Waals surface area contributed by atoms with Crippen LogP contribution in [0.4, 0.5) is 8.78 Å². The van der Waals surface area contributed by atoms with Crippen LogP contribution in [0.1, 0.15) is 38.2 Å². The van der Waals surface area contributed by atoms with Crippen LogP contribution in [0.5, 0.6) is 0 Å². The molecule has 4 aromatic rings. The molecule has 6 nitrogen and oxygen atoms in total. The summed E-state index contributed by atoms with van der Waals surface area (Å²) in [6, 6.07) is 23.6. The van der Waals surface area contributed by atoms with E-state index in [1.807, 2.05) is 24.3 Å². The number of hydrogen-bond acceptors (Lipinski definition) is 4. The average Bonchev–Trinajstić information content (AvgIpc) is 3.50. The lowest BCUT2D eigenvalue weighted by atomic mass is 9.82. The van der Waals surface area contributed by atoms with E-state index in [1.54, 1.807) is 23.1 Å². The summed E-state index contributed by atoms with van der Waals surface area (Å²) < 4.78 is 27.5. The number of carbonyl (C=O) groups excluding carboxylic acids is 2. The first-order chi connectivity index (χ1) is 19.3. The van der Waals surface area contributed by atoms with E-state index < -0.39 is 23.1 Å². The maximum absolute atomic E-state index is 14.1. The first-order valence-electron chi connectivity index (χ1n) is 12.6. The van der Waals surface area contributed by atoms with Crippen LogP contribution in [0.25, 0.3) is 0 Å². The van der Waals surface area contributed by atoms with Gasteiger partial charge in [-0.1, -0.05) is 66.2 Å². The summed E-state index contributed by atoms with van der Waals surface area (Å²) in [5.74, 6) is -1.71. The van der Waals surface area contributed by atoms with Gasteiger partial charge in [0, 0.05) is 13.1 Å². The number of benzene rings is 4. The Labute approximate surface area is 234 Å². The summed E-state index contributed by atoms with van der Waals surface area (Å²) in [5, 5.41) is 0.297. The van der Waals surface area contributed by atoms with E-state index in [0.29, 0.717) is 40.4 Å². The van der Waals surface area contributed by atoms with Crippen molar-refractivity contribution in [2.45, 2.75) is 25.2 Å². The molecule has 0 fully saturated rings. The highest BCUT2D eigenvalue weighted by molar-refractivity contribution is 6.33. The second-order valence-electron chi connectivity index (χ2n) is 9.83. The van der Waals surface area contributed by atoms with Crippen molar-refractivity contribution in [1.82, 2.24) is 9.80 Å². The minimum absolute atomic E-state index is 0.00990. The minimum atomic E-state index is -1.63. The first-order valence-corrected chi connectivity index (χ1v) is 13.0. The number of guanidine groups is 1. The third-order valence-electron chi connectivity index (χ3n) is 7.37. The van der Waals surface area contributed by atoms with Crippen molar-refractivity contribution in [2.24, 2.45) is 10.7 Å². The van der Waals surface area contributed by atoms with E-state index >= 15 is 0 Å². The molecule has 0 bridgehead atoms. The van der Waals surface area contributed by atoms with Gasteiger partial charge in [0.2, 0.25) is 0 Å². The lowest BCUT2D eigenvalue weighted by Crippen LogP contribution is -2.43. The first kappa shape index (κ1) is 25.7. The van der Waals surface area contributed by atoms with Gasteiger partial charge in [-0.2, -0.15) is 0 Å². The van der Waals surface area contributed by atoms with Crippen molar-refractivity contribution in [2.75, 3.05) is 0 Å². The van der Waals surface area contributed by atoms with Crippen molar-refractivity contribution >= 4 is 29.4 Å². The predicted molar refractivity (Wildman–Crippen MR) is 147 cm³/mol.